The molecular formula is C35H31F18N3O7S. The van der Waals surface area contributed by atoms with Gasteiger partial charge in [-0.15, -0.1) is 0 Å². The van der Waals surface area contributed by atoms with Crippen LogP contribution in [-0.4, -0.2) is 95.2 Å². The molecule has 0 radical (unpaired) electrons. The molecule has 0 bridgehead atoms. The highest BCUT2D eigenvalue weighted by atomic mass is 32.2. The number of hydrogen-bond donors (Lipinski definition) is 3. The standard InChI is InChI=1S/C35H31F18N3O7S/c1-15(2)12-21-25(58)55-20-14-17(36)9-10-19(20)27(60)56(21)24(26(59)54-18-6-4-3-5-7-18)16-8-11-23(22(57)13-16)63-64(61,62)35(52,53)33(47,48)31(43,44)29(39,40)28(37,38)30(41,42)32(45,46)34(49,50)51/h8-11,13-15,18,21,24,57H,3-7,12H2,1-2H3,(H,54,59)(H,55,58). The first-order chi connectivity index (χ1) is 28.8. The fourth-order valence-corrected chi connectivity index (χ4v) is 7.54. The Morgan fingerprint density at radius 1 is 0.781 bits per heavy atom. The Bertz CT molecular complexity index is 2230. The molecule has 1 saturated carbocycles. The van der Waals surface area contributed by atoms with E-state index < -0.39 is 133 Å². The summed E-state index contributed by atoms with van der Waals surface area (Å²) in [7, 11) is -8.18. The summed E-state index contributed by atoms with van der Waals surface area (Å²) in [5.41, 5.74) is -1.54. The topological polar surface area (TPSA) is 142 Å². The van der Waals surface area contributed by atoms with Gasteiger partial charge in [-0.25, -0.2) is 4.39 Å². The highest BCUT2D eigenvalue weighted by Crippen LogP contribution is 2.64. The van der Waals surface area contributed by atoms with Crippen LogP contribution in [0.4, 0.5) is 84.7 Å². The van der Waals surface area contributed by atoms with Crippen molar-refractivity contribution in [2.45, 2.75) is 117 Å². The molecule has 2 aromatic carbocycles. The Balaban J connectivity index is 1.81. The highest BCUT2D eigenvalue weighted by Gasteiger charge is 2.96. The number of aromatic hydroxyl groups is 1. The van der Waals surface area contributed by atoms with Gasteiger partial charge in [0.25, 0.3) is 5.91 Å². The molecule has 1 fully saturated rings. The van der Waals surface area contributed by atoms with Crippen LogP contribution >= 0.6 is 0 Å². The van der Waals surface area contributed by atoms with Crippen molar-refractivity contribution in [2.75, 3.05) is 5.32 Å². The predicted molar refractivity (Wildman–Crippen MR) is 181 cm³/mol. The van der Waals surface area contributed by atoms with E-state index in [9.17, 15) is 107 Å². The number of anilines is 1. The summed E-state index contributed by atoms with van der Waals surface area (Å²) in [4.78, 5) is 42.6. The van der Waals surface area contributed by atoms with E-state index in [0.29, 0.717) is 36.6 Å². The van der Waals surface area contributed by atoms with Crippen LogP contribution in [0.5, 0.6) is 11.5 Å². The molecule has 2 unspecified atom stereocenters. The first kappa shape index (κ1) is 51.8. The lowest BCUT2D eigenvalue weighted by Crippen LogP contribution is -2.75. The molecule has 3 amide bonds. The number of hydrogen-bond acceptors (Lipinski definition) is 7. The van der Waals surface area contributed by atoms with Crippen molar-refractivity contribution in [3.63, 3.8) is 0 Å². The van der Waals surface area contributed by atoms with Gasteiger partial charge in [-0.2, -0.15) is 83.1 Å². The summed E-state index contributed by atoms with van der Waals surface area (Å²) in [5, 5.41) is 7.53. The van der Waals surface area contributed by atoms with Crippen LogP contribution in [0.25, 0.3) is 0 Å². The summed E-state index contributed by atoms with van der Waals surface area (Å²) in [5.74, 6) is -61.9. The van der Waals surface area contributed by atoms with Crippen LogP contribution < -0.4 is 14.8 Å². The van der Waals surface area contributed by atoms with Crippen LogP contribution in [-0.2, 0) is 19.7 Å². The summed E-state index contributed by atoms with van der Waals surface area (Å²) in [6.45, 7) is 3.10. The Hall–Kier alpha value is -4.86. The molecule has 29 heteroatoms. The first-order valence-electron chi connectivity index (χ1n) is 18.1. The van der Waals surface area contributed by atoms with E-state index in [2.05, 4.69) is 14.8 Å². The van der Waals surface area contributed by atoms with E-state index in [0.717, 1.165) is 24.6 Å². The van der Waals surface area contributed by atoms with Crippen LogP contribution in [0.15, 0.2) is 36.4 Å². The maximum Gasteiger partial charge on any atom is 0.460 e. The third-order valence-electron chi connectivity index (χ3n) is 10.0. The third-order valence-corrected chi connectivity index (χ3v) is 11.3. The number of rotatable bonds is 15. The lowest BCUT2D eigenvalue weighted by atomic mass is 9.91. The number of carbonyl (C=O) groups excluding carboxylic acids is 3. The number of phenols is 1. The molecule has 2 aliphatic rings. The summed E-state index contributed by atoms with van der Waals surface area (Å²) in [6, 6.07) is -1.45. The van der Waals surface area contributed by atoms with E-state index in [1.54, 1.807) is 13.8 Å². The number of carbonyl (C=O) groups is 3. The third kappa shape index (κ3) is 8.43. The second-order valence-electron chi connectivity index (χ2n) is 15.0. The molecule has 3 N–H and O–H groups in total. The van der Waals surface area contributed by atoms with Crippen molar-refractivity contribution in [3.8, 4) is 11.5 Å². The van der Waals surface area contributed by atoms with Crippen molar-refractivity contribution < 1.29 is 111 Å². The second-order valence-corrected chi connectivity index (χ2v) is 16.6. The van der Waals surface area contributed by atoms with Gasteiger partial charge < -0.3 is 24.8 Å². The Morgan fingerprint density at radius 2 is 1.30 bits per heavy atom. The van der Waals surface area contributed by atoms with Crippen LogP contribution in [0.2, 0.25) is 0 Å². The van der Waals surface area contributed by atoms with E-state index in [1.807, 2.05) is 0 Å². The first-order valence-corrected chi connectivity index (χ1v) is 19.5. The molecule has 360 valence electrons. The number of amides is 3. The molecule has 0 aromatic heterocycles. The molecule has 0 saturated heterocycles. The molecule has 4 rings (SSSR count). The maximum absolute atomic E-state index is 14.8. The summed E-state index contributed by atoms with van der Waals surface area (Å²) < 4.78 is 277. The normalized spacial score (nSPS) is 18.6. The Morgan fingerprint density at radius 3 is 1.80 bits per heavy atom. The molecule has 2 atom stereocenters. The largest absolute Gasteiger partial charge is 0.504 e. The van der Waals surface area contributed by atoms with E-state index in [-0.39, 0.29) is 18.6 Å². The van der Waals surface area contributed by atoms with Crippen molar-refractivity contribution in [2.24, 2.45) is 5.92 Å². The van der Waals surface area contributed by atoms with Gasteiger partial charge in [0.15, 0.2) is 11.5 Å². The predicted octanol–water partition coefficient (Wildman–Crippen LogP) is 9.21. The smallest absolute Gasteiger partial charge is 0.460 e. The average Bonchev–Trinajstić information content (AvgIpc) is 3.24. The van der Waals surface area contributed by atoms with E-state index >= 15 is 0 Å². The summed E-state index contributed by atoms with van der Waals surface area (Å²) in [6.07, 6.45) is -5.69. The fraction of sp³-hybridized carbons (Fsp3) is 0.571. The zero-order valence-corrected chi connectivity index (χ0v) is 32.9. The number of alkyl halides is 17. The molecule has 1 aliphatic carbocycles. The summed E-state index contributed by atoms with van der Waals surface area (Å²) >= 11 is 0. The number of phenolic OH excluding ortho intramolecular Hbond substituents is 1. The van der Waals surface area contributed by atoms with E-state index in [4.69, 9.17) is 0 Å². The molecule has 1 heterocycles. The van der Waals surface area contributed by atoms with Crippen LogP contribution in [0.1, 0.15) is 74.3 Å². The number of halogens is 18. The minimum absolute atomic E-state index is 0.0266. The highest BCUT2D eigenvalue weighted by molar-refractivity contribution is 7.88. The minimum atomic E-state index is -9.10. The lowest BCUT2D eigenvalue weighted by molar-refractivity contribution is -0.458. The van der Waals surface area contributed by atoms with Gasteiger partial charge in [0.1, 0.15) is 17.9 Å². The van der Waals surface area contributed by atoms with Crippen molar-refractivity contribution in [1.29, 1.82) is 0 Å². The number of nitrogens with one attached hydrogen (secondary N) is 2. The van der Waals surface area contributed by atoms with Gasteiger partial charge in [-0.05, 0) is 61.1 Å². The second kappa shape index (κ2) is 16.8. The van der Waals surface area contributed by atoms with Crippen molar-refractivity contribution in [1.82, 2.24) is 10.2 Å². The van der Waals surface area contributed by atoms with Gasteiger partial charge in [0.2, 0.25) is 11.8 Å². The van der Waals surface area contributed by atoms with Crippen LogP contribution in [0.3, 0.4) is 0 Å². The molecule has 1 aliphatic heterocycles. The fourth-order valence-electron chi connectivity index (χ4n) is 6.61. The molecule has 10 nitrogen and oxygen atoms in total. The SMILES string of the molecule is CC(C)CC1C(=O)Nc2cc(F)ccc2C(=O)N1C(C(=O)NC1CCCCC1)c1ccc(OS(=O)(=O)C(F)(F)C(F)(F)C(F)(F)C(F)(F)C(F)(F)C(F)(F)C(F)(F)C(F)(F)F)c(O)c1. The van der Waals surface area contributed by atoms with Gasteiger partial charge >= 0.3 is 57.1 Å². The molecule has 2 aromatic rings. The zero-order chi connectivity index (χ0) is 49.2. The maximum atomic E-state index is 14.8. The van der Waals surface area contributed by atoms with Gasteiger partial charge in [-0.3, -0.25) is 14.4 Å². The quantitative estimate of drug-likeness (QED) is 0.119. The Labute approximate surface area is 348 Å². The van der Waals surface area contributed by atoms with E-state index in [1.165, 1.54) is 0 Å². The van der Waals surface area contributed by atoms with Crippen molar-refractivity contribution in [3.05, 3.63) is 53.3 Å². The molecule has 0 spiro atoms. The minimum Gasteiger partial charge on any atom is -0.504 e. The Kier molecular flexibility index (Phi) is 13.6. The van der Waals surface area contributed by atoms with Gasteiger partial charge in [0.05, 0.1) is 11.3 Å². The molecular weight excluding hydrogens is 948 g/mol. The number of fused-ring (bicyclic) bond motifs is 1. The lowest BCUT2D eigenvalue weighted by Gasteiger charge is -2.42. The molecule has 64 heavy (non-hydrogen) atoms. The van der Waals surface area contributed by atoms with Crippen molar-refractivity contribution >= 4 is 33.5 Å². The number of benzene rings is 2. The van der Waals surface area contributed by atoms with Crippen LogP contribution in [0, 0.1) is 11.7 Å². The van der Waals surface area contributed by atoms with Gasteiger partial charge in [0, 0.05) is 6.04 Å². The monoisotopic (exact) mass is 979 g/mol. The zero-order valence-electron chi connectivity index (χ0n) is 32.1. The number of nitrogens with zero attached hydrogens (tertiary/aromatic N) is 1. The van der Waals surface area contributed by atoms with Gasteiger partial charge in [-0.1, -0.05) is 39.2 Å². The average molecular weight is 980 g/mol.